The van der Waals surface area contributed by atoms with Crippen LogP contribution in [0.2, 0.25) is 0 Å². The molecular weight excluding hydrogens is 448 g/mol. The lowest BCUT2D eigenvalue weighted by atomic mass is 10.3. The van der Waals surface area contributed by atoms with Crippen molar-refractivity contribution in [2.75, 3.05) is 30.9 Å². The Labute approximate surface area is 192 Å². The molecule has 3 N–H and O–H groups in total. The summed E-state index contributed by atoms with van der Waals surface area (Å²) in [6.45, 7) is 0.246. The number of amides is 3. The van der Waals surface area contributed by atoms with E-state index in [4.69, 9.17) is 5.26 Å². The maximum absolute atomic E-state index is 12.7. The third kappa shape index (κ3) is 4.91. The number of carbonyl (C=O) groups is 3. The molecule has 0 aliphatic heterocycles. The number of aromatic amines is 2. The van der Waals surface area contributed by atoms with E-state index in [1.807, 2.05) is 6.07 Å². The van der Waals surface area contributed by atoms with Crippen LogP contribution in [0, 0.1) is 21.4 Å². The minimum atomic E-state index is -0.630. The molecule has 3 aromatic rings. The quantitative estimate of drug-likeness (QED) is 0.319. The van der Waals surface area contributed by atoms with E-state index >= 15 is 0 Å². The third-order valence-corrected chi connectivity index (χ3v) is 4.81. The molecule has 0 atom stereocenters. The van der Waals surface area contributed by atoms with Crippen molar-refractivity contribution in [1.29, 1.82) is 5.26 Å². The Balaban J connectivity index is 1.70. The Morgan fingerprint density at radius 3 is 2.62 bits per heavy atom. The number of H-pyrrole nitrogens is 2. The van der Waals surface area contributed by atoms with Crippen molar-refractivity contribution >= 4 is 35.0 Å². The largest absolute Gasteiger partial charge is 0.351 e. The maximum Gasteiger partial charge on any atom is 0.287 e. The zero-order valence-electron chi connectivity index (χ0n) is 18.4. The second-order valence-electron chi connectivity index (χ2n) is 7.16. The van der Waals surface area contributed by atoms with Crippen LogP contribution in [0.15, 0.2) is 24.4 Å². The molecule has 0 saturated heterocycles. The Hall–Kier alpha value is -5.00. The summed E-state index contributed by atoms with van der Waals surface area (Å²) in [5.74, 6) is -1.36. The van der Waals surface area contributed by atoms with E-state index in [0.29, 0.717) is 0 Å². The monoisotopic (exact) mass is 468 g/mol. The van der Waals surface area contributed by atoms with Crippen LogP contribution in [-0.2, 0) is 7.05 Å². The summed E-state index contributed by atoms with van der Waals surface area (Å²) in [5, 5.41) is 32.6. The van der Waals surface area contributed by atoms with Gasteiger partial charge in [-0.2, -0.15) is 15.5 Å². The smallest absolute Gasteiger partial charge is 0.287 e. The van der Waals surface area contributed by atoms with Crippen molar-refractivity contribution in [3.8, 4) is 6.07 Å². The fourth-order valence-corrected chi connectivity index (χ4v) is 2.93. The fourth-order valence-electron chi connectivity index (χ4n) is 2.93. The lowest BCUT2D eigenvalue weighted by molar-refractivity contribution is -0.384. The Kier molecular flexibility index (Phi) is 6.71. The predicted molar refractivity (Wildman–Crippen MR) is 117 cm³/mol. The molecule has 3 amide bonds. The van der Waals surface area contributed by atoms with E-state index in [-0.39, 0.29) is 47.4 Å². The number of nitrogens with one attached hydrogen (secondary N) is 3. The highest BCUT2D eigenvalue weighted by Crippen LogP contribution is 2.19. The van der Waals surface area contributed by atoms with Gasteiger partial charge in [0.05, 0.1) is 23.6 Å². The summed E-state index contributed by atoms with van der Waals surface area (Å²) < 4.78 is 1.25. The molecule has 0 unspecified atom stereocenters. The first-order valence-electron chi connectivity index (χ1n) is 9.76. The van der Waals surface area contributed by atoms with Crippen LogP contribution >= 0.6 is 0 Å². The van der Waals surface area contributed by atoms with Crippen molar-refractivity contribution in [3.05, 3.63) is 51.6 Å². The molecule has 15 nitrogen and oxygen atoms in total. The normalized spacial score (nSPS) is 10.4. The predicted octanol–water partition coefficient (Wildman–Crippen LogP) is 0.894. The van der Waals surface area contributed by atoms with E-state index in [2.05, 4.69) is 25.6 Å². The standard InChI is InChI=1S/C19H20N10O5/c1-26(6-4-5-20)18(31)13-8-15(24-23-13)22-17(30)14-9-16(25-28(14)3)27(2)19(32)12-7-11(10-21-12)29(33)34/h7-10,21H,4,6H2,1-3H3,(H2,22,23,24,30). The van der Waals surface area contributed by atoms with Crippen LogP contribution in [0.1, 0.15) is 37.9 Å². The van der Waals surface area contributed by atoms with Crippen molar-refractivity contribution < 1.29 is 19.3 Å². The molecule has 0 fully saturated rings. The lowest BCUT2D eigenvalue weighted by Gasteiger charge is -2.13. The Bertz CT molecular complexity index is 1300. The molecule has 0 aromatic carbocycles. The number of carbonyl (C=O) groups excluding carboxylic acids is 3. The van der Waals surface area contributed by atoms with Gasteiger partial charge in [0.1, 0.15) is 17.1 Å². The highest BCUT2D eigenvalue weighted by molar-refractivity contribution is 6.07. The first kappa shape index (κ1) is 23.7. The van der Waals surface area contributed by atoms with Crippen LogP contribution in [0.3, 0.4) is 0 Å². The summed E-state index contributed by atoms with van der Waals surface area (Å²) >= 11 is 0. The third-order valence-electron chi connectivity index (χ3n) is 4.81. The Morgan fingerprint density at radius 1 is 1.24 bits per heavy atom. The molecule has 15 heteroatoms. The maximum atomic E-state index is 12.7. The van der Waals surface area contributed by atoms with E-state index in [1.165, 1.54) is 35.8 Å². The van der Waals surface area contributed by atoms with Crippen LogP contribution in [0.4, 0.5) is 17.3 Å². The summed E-state index contributed by atoms with van der Waals surface area (Å²) in [5.41, 5.74) is -0.0498. The summed E-state index contributed by atoms with van der Waals surface area (Å²) in [7, 11) is 4.45. The lowest BCUT2D eigenvalue weighted by Crippen LogP contribution is -2.27. The van der Waals surface area contributed by atoms with Crippen molar-refractivity contribution in [1.82, 2.24) is 29.9 Å². The van der Waals surface area contributed by atoms with E-state index < -0.39 is 22.6 Å². The number of rotatable bonds is 8. The molecule has 0 aliphatic carbocycles. The van der Waals surface area contributed by atoms with E-state index in [9.17, 15) is 24.5 Å². The average Bonchev–Trinajstić information content (AvgIpc) is 3.55. The van der Waals surface area contributed by atoms with Crippen LogP contribution in [0.25, 0.3) is 0 Å². The van der Waals surface area contributed by atoms with E-state index in [0.717, 1.165) is 17.2 Å². The van der Waals surface area contributed by atoms with Gasteiger partial charge in [-0.25, -0.2) is 0 Å². The molecule has 3 rings (SSSR count). The van der Waals surface area contributed by atoms with Crippen molar-refractivity contribution in [3.63, 3.8) is 0 Å². The van der Waals surface area contributed by atoms with Gasteiger partial charge in [0.15, 0.2) is 11.6 Å². The second-order valence-corrected chi connectivity index (χ2v) is 7.16. The van der Waals surface area contributed by atoms with Crippen molar-refractivity contribution in [2.45, 2.75) is 6.42 Å². The molecule has 34 heavy (non-hydrogen) atoms. The number of aromatic nitrogens is 5. The van der Waals surface area contributed by atoms with Gasteiger partial charge in [0.25, 0.3) is 23.4 Å². The molecular formula is C19H20N10O5. The summed E-state index contributed by atoms with van der Waals surface area (Å²) in [6, 6.07) is 5.77. The minimum absolute atomic E-state index is 0.0145. The summed E-state index contributed by atoms with van der Waals surface area (Å²) in [6.07, 6.45) is 1.28. The molecule has 3 heterocycles. The zero-order chi connectivity index (χ0) is 25.0. The first-order chi connectivity index (χ1) is 16.1. The second kappa shape index (κ2) is 9.65. The molecule has 176 valence electrons. The number of hydrogen-bond acceptors (Lipinski definition) is 8. The molecule has 0 spiro atoms. The summed E-state index contributed by atoms with van der Waals surface area (Å²) in [4.78, 5) is 52.8. The first-order valence-corrected chi connectivity index (χ1v) is 9.76. The van der Waals surface area contributed by atoms with Gasteiger partial charge in [0, 0.05) is 45.9 Å². The Morgan fingerprint density at radius 2 is 1.97 bits per heavy atom. The molecule has 0 saturated carbocycles. The van der Waals surface area contributed by atoms with Gasteiger partial charge >= 0.3 is 0 Å². The fraction of sp³-hybridized carbons (Fsp3) is 0.263. The number of nitro groups is 1. The molecule has 0 radical (unpaired) electrons. The highest BCUT2D eigenvalue weighted by Gasteiger charge is 2.23. The van der Waals surface area contributed by atoms with Gasteiger partial charge in [-0.3, -0.25) is 39.2 Å². The molecule has 3 aromatic heterocycles. The van der Waals surface area contributed by atoms with Gasteiger partial charge in [0.2, 0.25) is 0 Å². The van der Waals surface area contributed by atoms with Gasteiger partial charge in [-0.05, 0) is 0 Å². The molecule has 0 aliphatic rings. The SMILES string of the molecule is CN(CCC#N)C(=O)c1cc(NC(=O)c2cc(N(C)C(=O)c3cc([N+](=O)[O-])c[nH]3)nn2C)n[nH]1. The van der Waals surface area contributed by atoms with Gasteiger partial charge in [-0.1, -0.05) is 0 Å². The van der Waals surface area contributed by atoms with Crippen LogP contribution in [0.5, 0.6) is 0 Å². The molecule has 0 bridgehead atoms. The highest BCUT2D eigenvalue weighted by atomic mass is 16.6. The number of aryl methyl sites for hydroxylation is 1. The topological polar surface area (TPSA) is 199 Å². The van der Waals surface area contributed by atoms with Gasteiger partial charge in [-0.15, -0.1) is 0 Å². The number of nitriles is 1. The zero-order valence-corrected chi connectivity index (χ0v) is 18.4. The van der Waals surface area contributed by atoms with E-state index in [1.54, 1.807) is 7.05 Å². The number of anilines is 2. The number of nitrogens with zero attached hydrogens (tertiary/aromatic N) is 7. The number of hydrogen-bond donors (Lipinski definition) is 3. The van der Waals surface area contributed by atoms with Crippen LogP contribution < -0.4 is 10.2 Å². The van der Waals surface area contributed by atoms with Crippen LogP contribution in [-0.4, -0.2) is 73.1 Å². The van der Waals surface area contributed by atoms with Crippen molar-refractivity contribution in [2.24, 2.45) is 7.05 Å². The van der Waals surface area contributed by atoms with Gasteiger partial charge < -0.3 is 15.2 Å². The minimum Gasteiger partial charge on any atom is -0.351 e. The average molecular weight is 468 g/mol.